The zero-order valence-corrected chi connectivity index (χ0v) is 15.5. The number of amides is 1. The van der Waals surface area contributed by atoms with Gasteiger partial charge in [-0.3, -0.25) is 9.59 Å². The van der Waals surface area contributed by atoms with Crippen LogP contribution in [-0.2, 0) is 4.79 Å². The molecule has 136 valence electrons. The summed E-state index contributed by atoms with van der Waals surface area (Å²) in [6, 6.07) is 22.3. The minimum atomic E-state index is -0.516. The third kappa shape index (κ3) is 5.05. The number of benzene rings is 3. The van der Waals surface area contributed by atoms with Crippen LogP contribution in [0.5, 0.6) is 0 Å². The van der Waals surface area contributed by atoms with E-state index in [1.54, 1.807) is 36.4 Å². The van der Waals surface area contributed by atoms with Crippen molar-refractivity contribution in [2.24, 2.45) is 0 Å². The maximum Gasteiger partial charge on any atom is 0.242 e. The van der Waals surface area contributed by atoms with Crippen molar-refractivity contribution in [3.05, 3.63) is 95.8 Å². The van der Waals surface area contributed by atoms with Crippen molar-refractivity contribution in [1.82, 2.24) is 0 Å². The van der Waals surface area contributed by atoms with Crippen molar-refractivity contribution in [3.8, 4) is 0 Å². The van der Waals surface area contributed by atoms with Crippen LogP contribution in [-0.4, -0.2) is 11.7 Å². The van der Waals surface area contributed by atoms with Crippen LogP contribution in [0, 0.1) is 5.82 Å². The molecule has 0 radical (unpaired) electrons. The Kier molecular flexibility index (Phi) is 6.04. The molecular formula is C22H18FNO2S. The smallest absolute Gasteiger partial charge is 0.242 e. The average Bonchev–Trinajstić information content (AvgIpc) is 2.68. The van der Waals surface area contributed by atoms with Gasteiger partial charge in [0.25, 0.3) is 0 Å². The van der Waals surface area contributed by atoms with E-state index in [1.807, 2.05) is 30.3 Å². The number of carbonyl (C=O) groups excluding carboxylic acids is 2. The van der Waals surface area contributed by atoms with E-state index in [0.717, 1.165) is 10.5 Å². The highest BCUT2D eigenvalue weighted by Crippen LogP contribution is 2.36. The summed E-state index contributed by atoms with van der Waals surface area (Å²) in [4.78, 5) is 25.3. The summed E-state index contributed by atoms with van der Waals surface area (Å²) in [5.41, 5.74) is 1.94. The van der Waals surface area contributed by atoms with Crippen molar-refractivity contribution in [2.45, 2.75) is 17.1 Å². The molecule has 0 aliphatic heterocycles. The van der Waals surface area contributed by atoms with E-state index in [2.05, 4.69) is 5.32 Å². The molecule has 0 aliphatic carbocycles. The molecule has 0 aliphatic rings. The molecule has 0 saturated carbocycles. The van der Waals surface area contributed by atoms with Crippen molar-refractivity contribution in [3.63, 3.8) is 0 Å². The zero-order chi connectivity index (χ0) is 19.2. The van der Waals surface area contributed by atoms with E-state index in [1.165, 1.54) is 30.8 Å². The van der Waals surface area contributed by atoms with Gasteiger partial charge in [0.15, 0.2) is 5.78 Å². The number of nitrogens with one attached hydrogen (secondary N) is 1. The number of rotatable bonds is 6. The third-order valence-electron chi connectivity index (χ3n) is 3.94. The second-order valence-corrected chi connectivity index (χ2v) is 7.17. The van der Waals surface area contributed by atoms with Gasteiger partial charge in [0.1, 0.15) is 11.1 Å². The second-order valence-electron chi connectivity index (χ2n) is 5.99. The van der Waals surface area contributed by atoms with Gasteiger partial charge in [-0.2, -0.15) is 0 Å². The van der Waals surface area contributed by atoms with Crippen LogP contribution in [0.15, 0.2) is 83.8 Å². The molecule has 1 atom stereocenters. The van der Waals surface area contributed by atoms with Gasteiger partial charge in [0, 0.05) is 16.1 Å². The molecule has 0 unspecified atom stereocenters. The van der Waals surface area contributed by atoms with E-state index in [0.29, 0.717) is 11.3 Å². The first-order chi connectivity index (χ1) is 13.0. The average molecular weight is 379 g/mol. The van der Waals surface area contributed by atoms with Gasteiger partial charge in [-0.1, -0.05) is 42.5 Å². The van der Waals surface area contributed by atoms with Crippen LogP contribution in [0.3, 0.4) is 0 Å². The fraction of sp³-hybridized carbons (Fsp3) is 0.0909. The number of carbonyl (C=O) groups is 2. The Hall–Kier alpha value is -2.92. The molecule has 0 heterocycles. The van der Waals surface area contributed by atoms with E-state index in [9.17, 15) is 14.0 Å². The van der Waals surface area contributed by atoms with E-state index < -0.39 is 5.25 Å². The Morgan fingerprint density at radius 1 is 0.926 bits per heavy atom. The third-order valence-corrected chi connectivity index (χ3v) is 5.21. The lowest BCUT2D eigenvalue weighted by Crippen LogP contribution is -2.19. The minimum Gasteiger partial charge on any atom is -0.325 e. The van der Waals surface area contributed by atoms with Crippen LogP contribution in [0.2, 0.25) is 0 Å². The summed E-state index contributed by atoms with van der Waals surface area (Å²) >= 11 is 1.34. The quantitative estimate of drug-likeness (QED) is 0.454. The van der Waals surface area contributed by atoms with Crippen molar-refractivity contribution < 1.29 is 14.0 Å². The van der Waals surface area contributed by atoms with Crippen LogP contribution in [0.4, 0.5) is 10.1 Å². The first-order valence-corrected chi connectivity index (χ1v) is 9.30. The maximum absolute atomic E-state index is 13.2. The molecule has 3 aromatic rings. The van der Waals surface area contributed by atoms with Gasteiger partial charge in [0.05, 0.1) is 0 Å². The lowest BCUT2D eigenvalue weighted by Gasteiger charge is -2.17. The minimum absolute atomic E-state index is 0.0635. The highest BCUT2D eigenvalue weighted by Gasteiger charge is 2.22. The Labute approximate surface area is 161 Å². The number of halogens is 1. The Balaban J connectivity index is 1.85. The largest absolute Gasteiger partial charge is 0.325 e. The molecule has 3 aromatic carbocycles. The molecule has 27 heavy (non-hydrogen) atoms. The summed E-state index contributed by atoms with van der Waals surface area (Å²) in [5, 5.41) is 2.37. The van der Waals surface area contributed by atoms with Gasteiger partial charge in [0.2, 0.25) is 5.91 Å². The number of ketones is 1. The summed E-state index contributed by atoms with van der Waals surface area (Å²) in [6.07, 6.45) is 0. The molecule has 0 bridgehead atoms. The molecular weight excluding hydrogens is 361 g/mol. The number of hydrogen-bond acceptors (Lipinski definition) is 3. The van der Waals surface area contributed by atoms with E-state index in [4.69, 9.17) is 0 Å². The van der Waals surface area contributed by atoms with Gasteiger partial charge in [-0.05, 0) is 48.9 Å². The van der Waals surface area contributed by atoms with Gasteiger partial charge < -0.3 is 5.32 Å². The lowest BCUT2D eigenvalue weighted by molar-refractivity contribution is -0.115. The van der Waals surface area contributed by atoms with E-state index >= 15 is 0 Å². The first-order valence-electron chi connectivity index (χ1n) is 8.42. The van der Waals surface area contributed by atoms with Crippen molar-refractivity contribution in [2.75, 3.05) is 5.32 Å². The fourth-order valence-corrected chi connectivity index (χ4v) is 3.60. The summed E-state index contributed by atoms with van der Waals surface area (Å²) in [5.74, 6) is -0.594. The topological polar surface area (TPSA) is 46.2 Å². The van der Waals surface area contributed by atoms with Crippen LogP contribution >= 0.6 is 11.8 Å². The first kappa shape index (κ1) is 18.9. The standard InChI is InChI=1S/C22H18FNO2S/c1-15(25)17-8-5-9-19(14-17)24-22(26)21(16-6-3-2-4-7-16)27-20-12-10-18(23)11-13-20/h2-14,21H,1H3,(H,24,26)/t21-/m1/s1. The number of thioether (sulfide) groups is 1. The second kappa shape index (κ2) is 8.64. The van der Waals surface area contributed by atoms with E-state index in [-0.39, 0.29) is 17.5 Å². The molecule has 5 heteroatoms. The number of Topliss-reactive ketones (excluding diaryl/α,β-unsaturated/α-hetero) is 1. The molecule has 1 N–H and O–H groups in total. The molecule has 1 amide bonds. The van der Waals surface area contributed by atoms with Crippen molar-refractivity contribution >= 4 is 29.1 Å². The molecule has 0 spiro atoms. The fourth-order valence-electron chi connectivity index (χ4n) is 2.57. The predicted molar refractivity (Wildman–Crippen MR) is 107 cm³/mol. The lowest BCUT2D eigenvalue weighted by atomic mass is 10.1. The monoisotopic (exact) mass is 379 g/mol. The molecule has 0 fully saturated rings. The zero-order valence-electron chi connectivity index (χ0n) is 14.7. The molecule has 3 nitrogen and oxygen atoms in total. The van der Waals surface area contributed by atoms with Gasteiger partial charge in [-0.25, -0.2) is 4.39 Å². The summed E-state index contributed by atoms with van der Waals surface area (Å²) < 4.78 is 13.2. The maximum atomic E-state index is 13.2. The number of hydrogen-bond donors (Lipinski definition) is 1. The molecule has 0 aromatic heterocycles. The summed E-state index contributed by atoms with van der Waals surface area (Å²) in [7, 11) is 0. The highest BCUT2D eigenvalue weighted by molar-refractivity contribution is 8.00. The Morgan fingerprint density at radius 3 is 2.30 bits per heavy atom. The normalized spacial score (nSPS) is 11.6. The predicted octanol–water partition coefficient (Wildman–Crippen LogP) is 5.50. The highest BCUT2D eigenvalue weighted by atomic mass is 32.2. The van der Waals surface area contributed by atoms with Crippen LogP contribution in [0.25, 0.3) is 0 Å². The van der Waals surface area contributed by atoms with Gasteiger partial charge in [-0.15, -0.1) is 11.8 Å². The Morgan fingerprint density at radius 2 is 1.63 bits per heavy atom. The molecule has 0 saturated heterocycles. The van der Waals surface area contributed by atoms with Crippen LogP contribution < -0.4 is 5.32 Å². The van der Waals surface area contributed by atoms with Crippen LogP contribution in [0.1, 0.15) is 28.1 Å². The number of anilines is 1. The van der Waals surface area contributed by atoms with Crippen molar-refractivity contribution in [1.29, 1.82) is 0 Å². The molecule has 3 rings (SSSR count). The Bertz CT molecular complexity index is 942. The SMILES string of the molecule is CC(=O)c1cccc(NC(=O)[C@H](Sc2ccc(F)cc2)c2ccccc2)c1. The van der Waals surface area contributed by atoms with Gasteiger partial charge >= 0.3 is 0 Å². The summed E-state index contributed by atoms with van der Waals surface area (Å²) in [6.45, 7) is 1.48.